The fraction of sp³-hybridized carbons (Fsp3) is 0.0500. The van der Waals surface area contributed by atoms with Crippen LogP contribution in [0.15, 0.2) is 59.0 Å². The van der Waals surface area contributed by atoms with Crippen LogP contribution in [0.5, 0.6) is 5.75 Å². The van der Waals surface area contributed by atoms with E-state index in [1.54, 1.807) is 35.0 Å². The van der Waals surface area contributed by atoms with Gasteiger partial charge in [-0.15, -0.1) is 11.3 Å². The summed E-state index contributed by atoms with van der Waals surface area (Å²) in [6.45, 7) is 0. The molecular formula is C20H14ClN3O2S. The molecule has 0 aliphatic heterocycles. The van der Waals surface area contributed by atoms with Gasteiger partial charge in [-0.3, -0.25) is 9.78 Å². The molecule has 0 fully saturated rings. The van der Waals surface area contributed by atoms with Crippen molar-refractivity contribution in [2.75, 3.05) is 7.11 Å². The second-order valence-electron chi connectivity index (χ2n) is 5.70. The lowest BCUT2D eigenvalue weighted by molar-refractivity contribution is 0.404. The Labute approximate surface area is 164 Å². The number of aromatic nitrogens is 3. The van der Waals surface area contributed by atoms with Gasteiger partial charge in [-0.2, -0.15) is 0 Å². The van der Waals surface area contributed by atoms with Crippen LogP contribution in [-0.4, -0.2) is 21.5 Å². The van der Waals surface area contributed by atoms with Crippen molar-refractivity contribution in [2.24, 2.45) is 0 Å². The highest BCUT2D eigenvalue weighted by Crippen LogP contribution is 2.27. The third-order valence-corrected chi connectivity index (χ3v) is 5.09. The quantitative estimate of drug-likeness (QED) is 0.504. The van der Waals surface area contributed by atoms with E-state index in [1.807, 2.05) is 35.7 Å². The molecule has 0 aliphatic rings. The Kier molecular flexibility index (Phi) is 4.75. The number of benzene rings is 1. The Hall–Kier alpha value is -2.96. The van der Waals surface area contributed by atoms with Crippen LogP contribution in [0.25, 0.3) is 28.4 Å². The molecule has 0 atom stereocenters. The maximum Gasteiger partial charge on any atom is 0.302 e. The Balaban J connectivity index is 1.85. The van der Waals surface area contributed by atoms with Gasteiger partial charge in [0, 0.05) is 22.8 Å². The van der Waals surface area contributed by atoms with Crippen LogP contribution in [0.4, 0.5) is 0 Å². The van der Waals surface area contributed by atoms with Crippen LogP contribution >= 0.6 is 22.9 Å². The van der Waals surface area contributed by atoms with Gasteiger partial charge in [0.1, 0.15) is 5.69 Å². The molecule has 0 unspecified atom stereocenters. The van der Waals surface area contributed by atoms with Gasteiger partial charge in [0.25, 0.3) is 0 Å². The summed E-state index contributed by atoms with van der Waals surface area (Å²) >= 11 is 7.37. The molecule has 3 heterocycles. The van der Waals surface area contributed by atoms with E-state index in [1.165, 1.54) is 18.4 Å². The maximum absolute atomic E-state index is 13.0. The predicted molar refractivity (Wildman–Crippen MR) is 110 cm³/mol. The second kappa shape index (κ2) is 7.34. The molecule has 0 saturated heterocycles. The summed E-state index contributed by atoms with van der Waals surface area (Å²) in [7, 11) is 1.47. The molecule has 0 bridgehead atoms. The summed E-state index contributed by atoms with van der Waals surface area (Å²) in [5.41, 5.74) is 2.78. The van der Waals surface area contributed by atoms with Crippen molar-refractivity contribution in [1.82, 2.24) is 14.4 Å². The number of ether oxygens (including phenoxy) is 1. The summed E-state index contributed by atoms with van der Waals surface area (Å²) in [6, 6.07) is 11.1. The van der Waals surface area contributed by atoms with Gasteiger partial charge in [0.15, 0.2) is 4.96 Å². The molecule has 3 aromatic heterocycles. The summed E-state index contributed by atoms with van der Waals surface area (Å²) in [4.78, 5) is 22.3. The van der Waals surface area contributed by atoms with Crippen LogP contribution in [-0.2, 0) is 0 Å². The number of nitrogens with zero attached hydrogens (tertiary/aromatic N) is 3. The average Bonchev–Trinajstić information content (AvgIpc) is 3.12. The van der Waals surface area contributed by atoms with Crippen molar-refractivity contribution in [3.05, 3.63) is 80.8 Å². The van der Waals surface area contributed by atoms with Crippen molar-refractivity contribution in [3.8, 4) is 17.0 Å². The Morgan fingerprint density at radius 3 is 2.70 bits per heavy atom. The minimum atomic E-state index is -0.250. The van der Waals surface area contributed by atoms with Crippen LogP contribution in [0.1, 0.15) is 11.3 Å². The van der Waals surface area contributed by atoms with Crippen molar-refractivity contribution in [2.45, 2.75) is 0 Å². The van der Waals surface area contributed by atoms with Gasteiger partial charge >= 0.3 is 5.56 Å². The Bertz CT molecular complexity index is 1180. The van der Waals surface area contributed by atoms with E-state index in [4.69, 9.17) is 16.3 Å². The highest BCUT2D eigenvalue weighted by Gasteiger charge is 2.16. The fourth-order valence-electron chi connectivity index (χ4n) is 2.73. The third kappa shape index (κ3) is 3.37. The number of halogens is 1. The maximum atomic E-state index is 13.0. The van der Waals surface area contributed by atoms with Crippen molar-refractivity contribution < 1.29 is 4.74 Å². The van der Waals surface area contributed by atoms with E-state index >= 15 is 0 Å². The van der Waals surface area contributed by atoms with E-state index in [-0.39, 0.29) is 11.3 Å². The summed E-state index contributed by atoms with van der Waals surface area (Å²) in [5, 5.41) is 2.55. The first-order chi connectivity index (χ1) is 13.2. The van der Waals surface area contributed by atoms with E-state index in [9.17, 15) is 4.79 Å². The summed E-state index contributed by atoms with van der Waals surface area (Å²) in [6.07, 6.45) is 7.05. The first-order valence-corrected chi connectivity index (χ1v) is 9.35. The summed E-state index contributed by atoms with van der Waals surface area (Å²) in [5.74, 6) is 0.196. The van der Waals surface area contributed by atoms with Crippen molar-refractivity contribution >= 4 is 40.1 Å². The van der Waals surface area contributed by atoms with E-state index in [0.717, 1.165) is 16.8 Å². The van der Waals surface area contributed by atoms with Crippen LogP contribution in [0.3, 0.4) is 0 Å². The topological polar surface area (TPSA) is 56.5 Å². The number of hydrogen-bond donors (Lipinski definition) is 0. The first-order valence-electron chi connectivity index (χ1n) is 8.09. The van der Waals surface area contributed by atoms with Gasteiger partial charge in [0.2, 0.25) is 5.75 Å². The van der Waals surface area contributed by atoms with E-state index in [0.29, 0.717) is 15.7 Å². The highest BCUT2D eigenvalue weighted by atomic mass is 35.5. The van der Waals surface area contributed by atoms with Gasteiger partial charge < -0.3 is 4.74 Å². The fourth-order valence-corrected chi connectivity index (χ4v) is 3.75. The molecule has 0 N–H and O–H groups in total. The normalized spacial score (nSPS) is 11.3. The third-order valence-electron chi connectivity index (χ3n) is 4.02. The van der Waals surface area contributed by atoms with Crippen LogP contribution in [0, 0.1) is 0 Å². The number of pyridine rings is 1. The summed E-state index contributed by atoms with van der Waals surface area (Å²) < 4.78 is 6.94. The molecule has 27 heavy (non-hydrogen) atoms. The lowest BCUT2D eigenvalue weighted by atomic mass is 10.2. The minimum absolute atomic E-state index is 0.196. The molecular weight excluding hydrogens is 382 g/mol. The molecule has 0 spiro atoms. The molecule has 134 valence electrons. The molecule has 7 heteroatoms. The molecule has 1 aromatic carbocycles. The van der Waals surface area contributed by atoms with E-state index in [2.05, 4.69) is 9.97 Å². The highest BCUT2D eigenvalue weighted by molar-refractivity contribution is 7.15. The molecule has 4 aromatic rings. The predicted octanol–water partition coefficient (Wildman–Crippen LogP) is 4.65. The standard InChI is InChI=1S/C20H14ClN3O2S/c1-26-18-16(9-4-13-3-2-10-22-11-13)23-20-24(19(18)25)17(12-27-20)14-5-7-15(21)8-6-14/h2-12H,1H3/b9-4+. The lowest BCUT2D eigenvalue weighted by Crippen LogP contribution is -2.18. The first kappa shape index (κ1) is 17.5. The number of hydrogen-bond acceptors (Lipinski definition) is 5. The molecule has 5 nitrogen and oxygen atoms in total. The largest absolute Gasteiger partial charge is 0.490 e. The van der Waals surface area contributed by atoms with Gasteiger partial charge in [-0.1, -0.05) is 35.9 Å². The van der Waals surface area contributed by atoms with Gasteiger partial charge in [-0.25, -0.2) is 9.38 Å². The number of rotatable bonds is 4. The molecule has 0 radical (unpaired) electrons. The van der Waals surface area contributed by atoms with Crippen LogP contribution in [0.2, 0.25) is 5.02 Å². The van der Waals surface area contributed by atoms with Gasteiger partial charge in [-0.05, 0) is 35.4 Å². The number of methoxy groups -OCH3 is 1. The zero-order valence-corrected chi connectivity index (χ0v) is 15.9. The SMILES string of the molecule is COc1c(/C=C/c2cccnc2)nc2scc(-c3ccc(Cl)cc3)n2c1=O. The monoisotopic (exact) mass is 395 g/mol. The molecule has 0 aliphatic carbocycles. The number of fused-ring (bicyclic) bond motifs is 1. The molecule has 4 rings (SSSR count). The van der Waals surface area contributed by atoms with Crippen LogP contribution < -0.4 is 10.3 Å². The molecule has 0 amide bonds. The van der Waals surface area contributed by atoms with E-state index < -0.39 is 0 Å². The Morgan fingerprint density at radius 1 is 1.19 bits per heavy atom. The smallest absolute Gasteiger partial charge is 0.302 e. The average molecular weight is 396 g/mol. The van der Waals surface area contributed by atoms with Gasteiger partial charge in [0.05, 0.1) is 12.8 Å². The minimum Gasteiger partial charge on any atom is -0.490 e. The van der Waals surface area contributed by atoms with Crippen molar-refractivity contribution in [3.63, 3.8) is 0 Å². The number of thiazole rings is 1. The zero-order chi connectivity index (χ0) is 18.8. The Morgan fingerprint density at radius 2 is 2.00 bits per heavy atom. The van der Waals surface area contributed by atoms with Crippen molar-refractivity contribution in [1.29, 1.82) is 0 Å². The second-order valence-corrected chi connectivity index (χ2v) is 6.97. The zero-order valence-electron chi connectivity index (χ0n) is 14.3. The lowest BCUT2D eigenvalue weighted by Gasteiger charge is -2.07. The molecule has 0 saturated carbocycles.